The molecular formula is C16H13NO2. The summed E-state index contributed by atoms with van der Waals surface area (Å²) in [6.45, 7) is 1.96. The molecule has 0 saturated carbocycles. The zero-order valence-corrected chi connectivity index (χ0v) is 10.8. The molecule has 0 fully saturated rings. The predicted molar refractivity (Wildman–Crippen MR) is 73.3 cm³/mol. The van der Waals surface area contributed by atoms with Gasteiger partial charge < -0.3 is 4.74 Å². The Hall–Kier alpha value is -2.60. The lowest BCUT2D eigenvalue weighted by Gasteiger charge is -2.11. The van der Waals surface area contributed by atoms with E-state index < -0.39 is 0 Å². The fourth-order valence-electron chi connectivity index (χ4n) is 1.99. The average Bonchev–Trinajstić information content (AvgIpc) is 2.46. The molecule has 2 aromatic carbocycles. The zero-order chi connectivity index (χ0) is 13.8. The van der Waals surface area contributed by atoms with Crippen molar-refractivity contribution in [3.63, 3.8) is 0 Å². The van der Waals surface area contributed by atoms with Gasteiger partial charge in [-0.25, -0.2) is 0 Å². The van der Waals surface area contributed by atoms with Crippen LogP contribution in [0, 0.1) is 18.3 Å². The summed E-state index contributed by atoms with van der Waals surface area (Å²) in [6.07, 6.45) is 0.813. The maximum atomic E-state index is 11.2. The zero-order valence-electron chi connectivity index (χ0n) is 10.8. The van der Waals surface area contributed by atoms with E-state index in [-0.39, 0.29) is 0 Å². The number of hydrogen-bond acceptors (Lipinski definition) is 3. The van der Waals surface area contributed by atoms with Crippen LogP contribution in [-0.4, -0.2) is 13.4 Å². The van der Waals surface area contributed by atoms with E-state index in [0.717, 1.165) is 23.0 Å². The summed E-state index contributed by atoms with van der Waals surface area (Å²) in [6, 6.07) is 12.8. The van der Waals surface area contributed by atoms with Crippen LogP contribution < -0.4 is 4.74 Å². The van der Waals surface area contributed by atoms with E-state index >= 15 is 0 Å². The van der Waals surface area contributed by atoms with Crippen molar-refractivity contribution in [3.8, 4) is 22.9 Å². The first-order valence-electron chi connectivity index (χ1n) is 5.84. The largest absolute Gasteiger partial charge is 0.496 e. The Balaban J connectivity index is 2.73. The fourth-order valence-corrected chi connectivity index (χ4v) is 1.99. The molecule has 0 aromatic heterocycles. The molecule has 19 heavy (non-hydrogen) atoms. The predicted octanol–water partition coefficient (Wildman–Crippen LogP) is 3.35. The van der Waals surface area contributed by atoms with Gasteiger partial charge >= 0.3 is 0 Å². The number of carbonyl (C=O) groups is 1. The molecule has 0 saturated heterocycles. The highest BCUT2D eigenvalue weighted by Gasteiger charge is 2.11. The van der Waals surface area contributed by atoms with Gasteiger partial charge in [-0.15, -0.1) is 0 Å². The standard InChI is InChI=1S/C16H13NO2/c1-11-3-5-13(10-18)14(7-11)15-8-12(9-17)4-6-16(15)19-2/h3-8,10H,1-2H3. The molecule has 0 spiro atoms. The Bertz CT molecular complexity index is 669. The van der Waals surface area contributed by atoms with Gasteiger partial charge in [0.15, 0.2) is 6.29 Å². The number of benzene rings is 2. The second kappa shape index (κ2) is 5.36. The molecule has 0 aliphatic heterocycles. The van der Waals surface area contributed by atoms with Gasteiger partial charge in [-0.3, -0.25) is 4.79 Å². The van der Waals surface area contributed by atoms with Crippen molar-refractivity contribution in [2.45, 2.75) is 6.92 Å². The SMILES string of the molecule is COc1ccc(C#N)cc1-c1cc(C)ccc1C=O. The number of aryl methyl sites for hydroxylation is 1. The van der Waals surface area contributed by atoms with Gasteiger partial charge in [0.2, 0.25) is 0 Å². The van der Waals surface area contributed by atoms with Crippen molar-refractivity contribution in [3.05, 3.63) is 53.1 Å². The molecule has 2 rings (SSSR count). The van der Waals surface area contributed by atoms with Crippen LogP contribution in [0.15, 0.2) is 36.4 Å². The summed E-state index contributed by atoms with van der Waals surface area (Å²) in [7, 11) is 1.57. The molecule has 2 aromatic rings. The van der Waals surface area contributed by atoms with Crippen molar-refractivity contribution >= 4 is 6.29 Å². The Labute approximate surface area is 112 Å². The molecule has 3 heteroatoms. The van der Waals surface area contributed by atoms with Gasteiger partial charge in [0.25, 0.3) is 0 Å². The number of aldehydes is 1. The third kappa shape index (κ3) is 2.48. The minimum absolute atomic E-state index is 0.536. The molecule has 0 atom stereocenters. The summed E-state index contributed by atoms with van der Waals surface area (Å²) in [5.41, 5.74) is 3.70. The maximum Gasteiger partial charge on any atom is 0.150 e. The Morgan fingerprint density at radius 2 is 1.95 bits per heavy atom. The van der Waals surface area contributed by atoms with Crippen LogP contribution in [0.3, 0.4) is 0 Å². The maximum absolute atomic E-state index is 11.2. The van der Waals surface area contributed by atoms with E-state index in [0.29, 0.717) is 16.9 Å². The van der Waals surface area contributed by atoms with E-state index in [1.807, 2.05) is 19.1 Å². The highest BCUT2D eigenvalue weighted by molar-refractivity contribution is 5.89. The lowest BCUT2D eigenvalue weighted by Crippen LogP contribution is -1.93. The summed E-state index contributed by atoms with van der Waals surface area (Å²) in [4.78, 5) is 11.2. The van der Waals surface area contributed by atoms with Gasteiger partial charge in [-0.1, -0.05) is 23.8 Å². The summed E-state index contributed by atoms with van der Waals surface area (Å²) in [5.74, 6) is 0.646. The number of hydrogen-bond donors (Lipinski definition) is 0. The number of ether oxygens (including phenoxy) is 1. The van der Waals surface area contributed by atoms with E-state index in [1.165, 1.54) is 0 Å². The third-order valence-corrected chi connectivity index (χ3v) is 2.95. The normalized spacial score (nSPS) is 9.74. The minimum atomic E-state index is 0.536. The first-order valence-corrected chi connectivity index (χ1v) is 5.84. The second-order valence-electron chi connectivity index (χ2n) is 4.24. The summed E-state index contributed by atoms with van der Waals surface area (Å²) < 4.78 is 5.31. The fraction of sp³-hybridized carbons (Fsp3) is 0.125. The number of nitrogens with zero attached hydrogens (tertiary/aromatic N) is 1. The highest BCUT2D eigenvalue weighted by atomic mass is 16.5. The van der Waals surface area contributed by atoms with E-state index in [9.17, 15) is 4.79 Å². The molecule has 0 heterocycles. The lowest BCUT2D eigenvalue weighted by atomic mass is 9.96. The van der Waals surface area contributed by atoms with Crippen molar-refractivity contribution in [2.75, 3.05) is 7.11 Å². The van der Waals surface area contributed by atoms with E-state index in [2.05, 4.69) is 6.07 Å². The quantitative estimate of drug-likeness (QED) is 0.786. The molecule has 3 nitrogen and oxygen atoms in total. The molecule has 94 valence electrons. The second-order valence-corrected chi connectivity index (χ2v) is 4.24. The van der Waals surface area contributed by atoms with E-state index in [1.54, 1.807) is 31.4 Å². The van der Waals surface area contributed by atoms with Gasteiger partial charge in [-0.05, 0) is 30.7 Å². The number of methoxy groups -OCH3 is 1. The molecule has 0 bridgehead atoms. The first-order chi connectivity index (χ1) is 9.19. The Morgan fingerprint density at radius 3 is 2.58 bits per heavy atom. The van der Waals surface area contributed by atoms with Crippen LogP contribution in [0.4, 0.5) is 0 Å². The summed E-state index contributed by atoms with van der Waals surface area (Å²) >= 11 is 0. The average molecular weight is 251 g/mol. The Morgan fingerprint density at radius 1 is 1.16 bits per heavy atom. The van der Waals surface area contributed by atoms with Gasteiger partial charge in [-0.2, -0.15) is 5.26 Å². The van der Waals surface area contributed by atoms with Crippen LogP contribution in [0.25, 0.3) is 11.1 Å². The van der Waals surface area contributed by atoms with Gasteiger partial charge in [0, 0.05) is 11.1 Å². The molecule has 0 aliphatic rings. The molecule has 0 radical (unpaired) electrons. The molecule has 0 aliphatic carbocycles. The van der Waals surface area contributed by atoms with Crippen LogP contribution in [-0.2, 0) is 0 Å². The van der Waals surface area contributed by atoms with Crippen molar-refractivity contribution in [1.82, 2.24) is 0 Å². The van der Waals surface area contributed by atoms with Crippen molar-refractivity contribution in [2.24, 2.45) is 0 Å². The monoisotopic (exact) mass is 251 g/mol. The van der Waals surface area contributed by atoms with Gasteiger partial charge in [0.05, 0.1) is 18.7 Å². The molecule has 0 N–H and O–H groups in total. The highest BCUT2D eigenvalue weighted by Crippen LogP contribution is 2.33. The summed E-state index contributed by atoms with van der Waals surface area (Å²) in [5, 5.41) is 8.99. The number of rotatable bonds is 3. The van der Waals surface area contributed by atoms with Crippen molar-refractivity contribution in [1.29, 1.82) is 5.26 Å². The Kier molecular flexibility index (Phi) is 3.63. The smallest absolute Gasteiger partial charge is 0.150 e. The van der Waals surface area contributed by atoms with Crippen LogP contribution in [0.1, 0.15) is 21.5 Å². The molecule has 0 unspecified atom stereocenters. The topological polar surface area (TPSA) is 50.1 Å². The van der Waals surface area contributed by atoms with Crippen LogP contribution in [0.5, 0.6) is 5.75 Å². The molecule has 0 amide bonds. The number of nitriles is 1. The van der Waals surface area contributed by atoms with E-state index in [4.69, 9.17) is 10.00 Å². The van der Waals surface area contributed by atoms with Crippen LogP contribution in [0.2, 0.25) is 0 Å². The van der Waals surface area contributed by atoms with Crippen molar-refractivity contribution < 1.29 is 9.53 Å². The van der Waals surface area contributed by atoms with Crippen LogP contribution >= 0.6 is 0 Å². The van der Waals surface area contributed by atoms with Gasteiger partial charge in [0.1, 0.15) is 5.75 Å². The first kappa shape index (κ1) is 12.8. The minimum Gasteiger partial charge on any atom is -0.496 e. The lowest BCUT2D eigenvalue weighted by molar-refractivity contribution is 0.112. The third-order valence-electron chi connectivity index (χ3n) is 2.95. The molecular weight excluding hydrogens is 238 g/mol. The number of carbonyl (C=O) groups excluding carboxylic acids is 1.